The van der Waals surface area contributed by atoms with E-state index in [2.05, 4.69) is 10.2 Å². The number of hydrogen-bond donors (Lipinski definition) is 1. The minimum atomic E-state index is -3.56. The monoisotopic (exact) mass is 404 g/mol. The van der Waals surface area contributed by atoms with Gasteiger partial charge in [0, 0.05) is 38.9 Å². The highest BCUT2D eigenvalue weighted by molar-refractivity contribution is 7.89. The van der Waals surface area contributed by atoms with Gasteiger partial charge in [0.25, 0.3) is 0 Å². The lowest BCUT2D eigenvalue weighted by molar-refractivity contribution is -0.116. The van der Waals surface area contributed by atoms with Crippen molar-refractivity contribution in [3.63, 3.8) is 0 Å². The molecule has 0 bridgehead atoms. The molecule has 1 saturated heterocycles. The summed E-state index contributed by atoms with van der Waals surface area (Å²) >= 11 is 0. The third-order valence-electron chi connectivity index (χ3n) is 4.17. The lowest BCUT2D eigenvalue weighted by Gasteiger charge is -2.31. The third-order valence-corrected chi connectivity index (χ3v) is 7.34. The molecule has 0 aliphatic carbocycles. The van der Waals surface area contributed by atoms with E-state index in [4.69, 9.17) is 0 Å². The number of carbonyl (C=O) groups excluding carboxylic acids is 1. The van der Waals surface area contributed by atoms with E-state index in [0.29, 0.717) is 31.9 Å². The number of nitrogens with zero attached hydrogens (tertiary/aromatic N) is 3. The molecule has 1 heterocycles. The van der Waals surface area contributed by atoms with Crippen LogP contribution in [-0.4, -0.2) is 89.3 Å². The second kappa shape index (κ2) is 8.01. The van der Waals surface area contributed by atoms with Gasteiger partial charge in [-0.2, -0.15) is 8.61 Å². The van der Waals surface area contributed by atoms with Gasteiger partial charge in [-0.1, -0.05) is 0 Å². The Labute approximate surface area is 154 Å². The molecule has 1 aromatic carbocycles. The second-order valence-electron chi connectivity index (χ2n) is 6.30. The molecule has 0 spiro atoms. The molecule has 1 aliphatic rings. The zero-order valence-electron chi connectivity index (χ0n) is 15.0. The van der Waals surface area contributed by atoms with Crippen LogP contribution >= 0.6 is 0 Å². The van der Waals surface area contributed by atoms with Crippen LogP contribution in [0.2, 0.25) is 0 Å². The Morgan fingerprint density at radius 3 is 2.12 bits per heavy atom. The number of sulfonamides is 2. The van der Waals surface area contributed by atoms with E-state index in [0.717, 1.165) is 10.6 Å². The van der Waals surface area contributed by atoms with Crippen LogP contribution < -0.4 is 5.32 Å². The Kier molecular flexibility index (Phi) is 6.40. The van der Waals surface area contributed by atoms with Crippen LogP contribution in [0.3, 0.4) is 0 Å². The van der Waals surface area contributed by atoms with E-state index in [9.17, 15) is 21.6 Å². The van der Waals surface area contributed by atoms with E-state index >= 15 is 0 Å². The van der Waals surface area contributed by atoms with Gasteiger partial charge < -0.3 is 10.2 Å². The van der Waals surface area contributed by atoms with Crippen LogP contribution in [-0.2, 0) is 24.8 Å². The zero-order chi connectivity index (χ0) is 19.5. The highest BCUT2D eigenvalue weighted by Gasteiger charge is 2.27. The number of carbonyl (C=O) groups is 1. The van der Waals surface area contributed by atoms with Crippen LogP contribution in [0.5, 0.6) is 0 Å². The normalized spacial score (nSPS) is 17.4. The van der Waals surface area contributed by atoms with Gasteiger partial charge in [0.15, 0.2) is 0 Å². The van der Waals surface area contributed by atoms with E-state index in [-0.39, 0.29) is 11.4 Å². The Balaban J connectivity index is 2.02. The molecule has 146 valence electrons. The van der Waals surface area contributed by atoms with Gasteiger partial charge in [-0.15, -0.1) is 0 Å². The van der Waals surface area contributed by atoms with E-state index < -0.39 is 26.0 Å². The maximum Gasteiger partial charge on any atom is 0.243 e. The van der Waals surface area contributed by atoms with Crippen molar-refractivity contribution in [1.82, 2.24) is 13.5 Å². The molecule has 1 aliphatic heterocycles. The van der Waals surface area contributed by atoms with E-state index in [1.54, 1.807) is 0 Å². The quantitative estimate of drug-likeness (QED) is 0.682. The Morgan fingerprint density at radius 2 is 1.62 bits per heavy atom. The highest BCUT2D eigenvalue weighted by Crippen LogP contribution is 2.19. The van der Waals surface area contributed by atoms with Crippen molar-refractivity contribution in [1.29, 1.82) is 0 Å². The smallest absolute Gasteiger partial charge is 0.243 e. The fourth-order valence-corrected chi connectivity index (χ4v) is 4.18. The standard InChI is InChI=1S/C15H24N4O5S2/c1-17-8-10-19(11-9-17)26(23,24)14-6-4-13(5-7-14)16-15(20)12-18(2)25(3,21)22/h4-7H,8-12H2,1-3H3,(H,16,20). The Morgan fingerprint density at radius 1 is 1.08 bits per heavy atom. The number of hydrogen-bond acceptors (Lipinski definition) is 6. The number of benzene rings is 1. The minimum Gasteiger partial charge on any atom is -0.325 e. The van der Waals surface area contributed by atoms with E-state index in [1.807, 2.05) is 7.05 Å². The predicted octanol–water partition coefficient (Wildman–Crippen LogP) is -0.547. The first-order valence-electron chi connectivity index (χ1n) is 8.00. The van der Waals surface area contributed by atoms with Gasteiger partial charge in [0.05, 0.1) is 17.7 Å². The fourth-order valence-electron chi connectivity index (χ4n) is 2.41. The van der Waals surface area contributed by atoms with Crippen LogP contribution in [0.25, 0.3) is 0 Å². The van der Waals surface area contributed by atoms with Gasteiger partial charge in [-0.25, -0.2) is 16.8 Å². The van der Waals surface area contributed by atoms with Gasteiger partial charge in [-0.3, -0.25) is 4.79 Å². The number of rotatable bonds is 6. The molecule has 1 aromatic rings. The Bertz CT molecular complexity index is 845. The lowest BCUT2D eigenvalue weighted by Crippen LogP contribution is -2.46. The summed E-state index contributed by atoms with van der Waals surface area (Å²) in [6.45, 7) is 1.92. The number of amides is 1. The SMILES string of the molecule is CN1CCN(S(=O)(=O)c2ccc(NC(=O)CN(C)S(C)(=O)=O)cc2)CC1. The van der Waals surface area contributed by atoms with Gasteiger partial charge in [-0.05, 0) is 31.3 Å². The summed E-state index contributed by atoms with van der Waals surface area (Å²) in [5, 5.41) is 2.55. The van der Waals surface area contributed by atoms with E-state index in [1.165, 1.54) is 35.6 Å². The first-order chi connectivity index (χ1) is 12.0. The summed E-state index contributed by atoms with van der Waals surface area (Å²) < 4.78 is 50.3. The van der Waals surface area contributed by atoms with Crippen LogP contribution in [0.1, 0.15) is 0 Å². The first-order valence-corrected chi connectivity index (χ1v) is 11.3. The molecule has 0 aromatic heterocycles. The van der Waals surface area contributed by atoms with Crippen molar-refractivity contribution in [2.75, 3.05) is 58.4 Å². The molecule has 9 nitrogen and oxygen atoms in total. The second-order valence-corrected chi connectivity index (χ2v) is 10.3. The van der Waals surface area contributed by atoms with Crippen molar-refractivity contribution in [2.45, 2.75) is 4.90 Å². The van der Waals surface area contributed by atoms with Crippen LogP contribution in [0, 0.1) is 0 Å². The van der Waals surface area contributed by atoms with Crippen LogP contribution in [0.15, 0.2) is 29.2 Å². The van der Waals surface area contributed by atoms with Crippen molar-refractivity contribution >= 4 is 31.6 Å². The van der Waals surface area contributed by atoms with Gasteiger partial charge >= 0.3 is 0 Å². The predicted molar refractivity (Wildman–Crippen MR) is 98.8 cm³/mol. The maximum absolute atomic E-state index is 12.6. The van der Waals surface area contributed by atoms with Crippen molar-refractivity contribution < 1.29 is 21.6 Å². The molecule has 1 N–H and O–H groups in total. The fraction of sp³-hybridized carbons (Fsp3) is 0.533. The summed E-state index contributed by atoms with van der Waals surface area (Å²) in [5.41, 5.74) is 0.397. The van der Waals surface area contributed by atoms with Gasteiger partial charge in [0.1, 0.15) is 0 Å². The summed E-state index contributed by atoms with van der Waals surface area (Å²) in [7, 11) is -3.76. The first kappa shape index (κ1) is 20.8. The summed E-state index contributed by atoms with van der Waals surface area (Å²) in [5.74, 6) is -0.507. The molecular formula is C15H24N4O5S2. The summed E-state index contributed by atoms with van der Waals surface area (Å²) in [6.07, 6.45) is 1.01. The molecular weight excluding hydrogens is 380 g/mol. The van der Waals surface area contributed by atoms with Gasteiger partial charge in [0.2, 0.25) is 26.0 Å². The number of anilines is 1. The van der Waals surface area contributed by atoms with Crippen molar-refractivity contribution in [3.05, 3.63) is 24.3 Å². The molecule has 0 radical (unpaired) electrons. The molecule has 2 rings (SSSR count). The molecule has 0 unspecified atom stereocenters. The Hall–Kier alpha value is -1.53. The van der Waals surface area contributed by atoms with Crippen LogP contribution in [0.4, 0.5) is 5.69 Å². The zero-order valence-corrected chi connectivity index (χ0v) is 16.7. The molecule has 0 saturated carbocycles. The topological polar surface area (TPSA) is 107 Å². The lowest BCUT2D eigenvalue weighted by atomic mass is 10.3. The molecule has 26 heavy (non-hydrogen) atoms. The number of likely N-dealkylation sites (N-methyl/N-ethyl adjacent to an activating group) is 2. The molecule has 11 heteroatoms. The minimum absolute atomic E-state index is 0.160. The van der Waals surface area contributed by atoms with Crippen molar-refractivity contribution in [3.8, 4) is 0 Å². The highest BCUT2D eigenvalue weighted by atomic mass is 32.2. The summed E-state index contributed by atoms with van der Waals surface area (Å²) in [6, 6.07) is 5.84. The average Bonchev–Trinajstić information content (AvgIpc) is 2.54. The summed E-state index contributed by atoms with van der Waals surface area (Å²) in [4.78, 5) is 14.1. The van der Waals surface area contributed by atoms with Crippen molar-refractivity contribution in [2.24, 2.45) is 0 Å². The molecule has 1 fully saturated rings. The molecule has 1 amide bonds. The third kappa shape index (κ3) is 5.24. The largest absolute Gasteiger partial charge is 0.325 e. The molecule has 0 atom stereocenters. The average molecular weight is 405 g/mol. The maximum atomic E-state index is 12.6. The number of piperazine rings is 1. The number of nitrogens with one attached hydrogen (secondary N) is 1.